The smallest absolute Gasteiger partial charge is 0.255 e. The van der Waals surface area contributed by atoms with E-state index in [1.54, 1.807) is 18.2 Å². The van der Waals surface area contributed by atoms with Crippen LogP contribution in [0.15, 0.2) is 36.4 Å². The number of halogens is 4. The summed E-state index contributed by atoms with van der Waals surface area (Å²) in [6.45, 7) is -0.256. The number of carbonyl (C=O) groups is 2. The molecule has 0 bridgehead atoms. The fourth-order valence-electron chi connectivity index (χ4n) is 1.95. The number of para-hydroxylation sites is 1. The SMILES string of the molecule is CN(CC(=O)Nc1c(Cl)cccc1Cl)C(=O)c1ccc(F)cc1Cl. The molecular formula is C16H12Cl3FN2O2. The fourth-order valence-corrected chi connectivity index (χ4v) is 2.69. The molecule has 0 saturated heterocycles. The van der Waals surface area contributed by atoms with Crippen molar-refractivity contribution in [2.45, 2.75) is 0 Å². The molecule has 0 fully saturated rings. The van der Waals surface area contributed by atoms with Gasteiger partial charge in [0.1, 0.15) is 5.82 Å². The van der Waals surface area contributed by atoms with Crippen molar-refractivity contribution in [2.75, 3.05) is 18.9 Å². The molecule has 126 valence electrons. The Morgan fingerprint density at radius 1 is 1.08 bits per heavy atom. The minimum absolute atomic E-state index is 0.0265. The maximum absolute atomic E-state index is 13.0. The van der Waals surface area contributed by atoms with E-state index in [1.165, 1.54) is 13.1 Å². The van der Waals surface area contributed by atoms with E-state index in [-0.39, 0.29) is 32.9 Å². The molecule has 4 nitrogen and oxygen atoms in total. The lowest BCUT2D eigenvalue weighted by molar-refractivity contribution is -0.116. The van der Waals surface area contributed by atoms with Crippen molar-refractivity contribution in [1.29, 1.82) is 0 Å². The second kappa shape index (κ2) is 7.83. The zero-order valence-corrected chi connectivity index (χ0v) is 14.7. The first-order valence-electron chi connectivity index (χ1n) is 6.74. The van der Waals surface area contributed by atoms with Gasteiger partial charge in [-0.1, -0.05) is 40.9 Å². The van der Waals surface area contributed by atoms with Gasteiger partial charge in [-0.05, 0) is 30.3 Å². The van der Waals surface area contributed by atoms with Crippen molar-refractivity contribution in [3.8, 4) is 0 Å². The molecular weight excluding hydrogens is 378 g/mol. The van der Waals surface area contributed by atoms with Crippen molar-refractivity contribution in [3.63, 3.8) is 0 Å². The minimum Gasteiger partial charge on any atom is -0.332 e. The summed E-state index contributed by atoms with van der Waals surface area (Å²) in [5, 5.41) is 3.09. The zero-order chi connectivity index (χ0) is 17.9. The minimum atomic E-state index is -0.551. The highest BCUT2D eigenvalue weighted by atomic mass is 35.5. The number of rotatable bonds is 4. The Morgan fingerprint density at radius 3 is 2.29 bits per heavy atom. The zero-order valence-electron chi connectivity index (χ0n) is 12.4. The molecule has 8 heteroatoms. The van der Waals surface area contributed by atoms with Crippen LogP contribution >= 0.6 is 34.8 Å². The molecule has 24 heavy (non-hydrogen) atoms. The number of nitrogens with zero attached hydrogens (tertiary/aromatic N) is 1. The van der Waals surface area contributed by atoms with Gasteiger partial charge in [0.2, 0.25) is 5.91 Å². The number of carbonyl (C=O) groups excluding carboxylic acids is 2. The molecule has 0 spiro atoms. The number of benzene rings is 2. The Morgan fingerprint density at radius 2 is 1.71 bits per heavy atom. The summed E-state index contributed by atoms with van der Waals surface area (Å²) in [6, 6.07) is 8.22. The van der Waals surface area contributed by atoms with E-state index in [0.717, 1.165) is 17.0 Å². The van der Waals surface area contributed by atoms with Gasteiger partial charge in [0.05, 0.1) is 32.9 Å². The average Bonchev–Trinajstić information content (AvgIpc) is 2.50. The first kappa shape index (κ1) is 18.5. The number of nitrogens with one attached hydrogen (secondary N) is 1. The number of hydrogen-bond donors (Lipinski definition) is 1. The molecule has 0 aromatic heterocycles. The Hall–Kier alpha value is -1.82. The lowest BCUT2D eigenvalue weighted by Crippen LogP contribution is -2.35. The molecule has 2 rings (SSSR count). The average molecular weight is 390 g/mol. The number of likely N-dealkylation sites (N-methyl/N-ethyl adjacent to an activating group) is 1. The van der Waals surface area contributed by atoms with Gasteiger partial charge in [-0.25, -0.2) is 4.39 Å². The van der Waals surface area contributed by atoms with E-state index in [4.69, 9.17) is 34.8 Å². The largest absolute Gasteiger partial charge is 0.332 e. The third kappa shape index (κ3) is 4.38. The van der Waals surface area contributed by atoms with Crippen molar-refractivity contribution in [1.82, 2.24) is 4.90 Å². The Balaban J connectivity index is 2.07. The van der Waals surface area contributed by atoms with Crippen LogP contribution in [0.5, 0.6) is 0 Å². The molecule has 0 heterocycles. The fraction of sp³-hybridized carbons (Fsp3) is 0.125. The van der Waals surface area contributed by atoms with Crippen molar-refractivity contribution >= 4 is 52.3 Å². The van der Waals surface area contributed by atoms with Gasteiger partial charge in [-0.3, -0.25) is 9.59 Å². The van der Waals surface area contributed by atoms with Crippen LogP contribution in [0.3, 0.4) is 0 Å². The molecule has 0 aliphatic heterocycles. The van der Waals surface area contributed by atoms with Gasteiger partial charge in [0, 0.05) is 7.05 Å². The standard InChI is InChI=1S/C16H12Cl3FN2O2/c1-22(16(24)10-6-5-9(20)7-13(10)19)8-14(23)21-15-11(17)3-2-4-12(15)18/h2-7H,8H2,1H3,(H,21,23). The summed E-state index contributed by atoms with van der Waals surface area (Å²) >= 11 is 17.8. The predicted octanol–water partition coefficient (Wildman–Crippen LogP) is 4.50. The van der Waals surface area contributed by atoms with Crippen molar-refractivity contribution < 1.29 is 14.0 Å². The van der Waals surface area contributed by atoms with Gasteiger partial charge in [-0.15, -0.1) is 0 Å². The Bertz CT molecular complexity index is 779. The molecule has 0 atom stereocenters. The molecule has 0 radical (unpaired) electrons. The van der Waals surface area contributed by atoms with Crippen LogP contribution in [-0.4, -0.2) is 30.3 Å². The predicted molar refractivity (Wildman–Crippen MR) is 93.5 cm³/mol. The van der Waals surface area contributed by atoms with Gasteiger partial charge < -0.3 is 10.2 Å². The molecule has 0 aliphatic carbocycles. The van der Waals surface area contributed by atoms with Crippen LogP contribution in [0.1, 0.15) is 10.4 Å². The third-order valence-corrected chi connectivity index (χ3v) is 4.06. The van der Waals surface area contributed by atoms with Crippen LogP contribution < -0.4 is 5.32 Å². The van der Waals surface area contributed by atoms with E-state index in [9.17, 15) is 14.0 Å². The molecule has 2 aromatic carbocycles. The lowest BCUT2D eigenvalue weighted by atomic mass is 10.2. The second-order valence-corrected chi connectivity index (χ2v) is 6.15. The topological polar surface area (TPSA) is 49.4 Å². The van der Waals surface area contributed by atoms with Crippen molar-refractivity contribution in [3.05, 3.63) is 62.8 Å². The summed E-state index contributed by atoms with van der Waals surface area (Å²) < 4.78 is 13.0. The van der Waals surface area contributed by atoms with Crippen LogP contribution in [0.4, 0.5) is 10.1 Å². The summed E-state index contributed by atoms with van der Waals surface area (Å²) in [5.41, 5.74) is 0.371. The second-order valence-electron chi connectivity index (χ2n) is 4.93. The first-order chi connectivity index (χ1) is 11.3. The Labute approximate surface area is 153 Å². The number of amides is 2. The monoisotopic (exact) mass is 388 g/mol. The molecule has 0 unspecified atom stereocenters. The first-order valence-corrected chi connectivity index (χ1v) is 7.87. The van der Waals surface area contributed by atoms with E-state index in [1.807, 2.05) is 0 Å². The van der Waals surface area contributed by atoms with E-state index >= 15 is 0 Å². The van der Waals surface area contributed by atoms with E-state index in [0.29, 0.717) is 0 Å². The van der Waals surface area contributed by atoms with Crippen LogP contribution in [0.2, 0.25) is 15.1 Å². The highest BCUT2D eigenvalue weighted by Gasteiger charge is 2.19. The summed E-state index contributed by atoms with van der Waals surface area (Å²) in [7, 11) is 1.43. The maximum atomic E-state index is 13.0. The highest BCUT2D eigenvalue weighted by Crippen LogP contribution is 2.29. The summed E-state index contributed by atoms with van der Waals surface area (Å²) in [6.07, 6.45) is 0. The number of hydrogen-bond acceptors (Lipinski definition) is 2. The van der Waals surface area contributed by atoms with Crippen LogP contribution in [-0.2, 0) is 4.79 Å². The van der Waals surface area contributed by atoms with Gasteiger partial charge in [0.15, 0.2) is 0 Å². The Kier molecular flexibility index (Phi) is 6.04. The normalized spacial score (nSPS) is 10.4. The lowest BCUT2D eigenvalue weighted by Gasteiger charge is -2.18. The highest BCUT2D eigenvalue weighted by molar-refractivity contribution is 6.39. The van der Waals surface area contributed by atoms with Crippen LogP contribution in [0, 0.1) is 5.82 Å². The van der Waals surface area contributed by atoms with Crippen molar-refractivity contribution in [2.24, 2.45) is 0 Å². The van der Waals surface area contributed by atoms with Gasteiger partial charge >= 0.3 is 0 Å². The van der Waals surface area contributed by atoms with E-state index in [2.05, 4.69) is 5.32 Å². The third-order valence-electron chi connectivity index (χ3n) is 3.12. The molecule has 1 N–H and O–H groups in total. The van der Waals surface area contributed by atoms with Gasteiger partial charge in [-0.2, -0.15) is 0 Å². The quantitative estimate of drug-likeness (QED) is 0.837. The molecule has 0 saturated carbocycles. The van der Waals surface area contributed by atoms with Gasteiger partial charge in [0.25, 0.3) is 5.91 Å². The van der Waals surface area contributed by atoms with E-state index < -0.39 is 17.6 Å². The molecule has 2 amide bonds. The summed E-state index contributed by atoms with van der Waals surface area (Å²) in [5.74, 6) is -1.55. The maximum Gasteiger partial charge on any atom is 0.255 e. The molecule has 0 aliphatic rings. The summed E-state index contributed by atoms with van der Waals surface area (Å²) in [4.78, 5) is 25.5. The van der Waals surface area contributed by atoms with Crippen LogP contribution in [0.25, 0.3) is 0 Å². The molecule has 2 aromatic rings. The number of anilines is 1.